The van der Waals surface area contributed by atoms with Gasteiger partial charge in [-0.05, 0) is 43.5 Å². The zero-order valence-electron chi connectivity index (χ0n) is 15.1. The van der Waals surface area contributed by atoms with Gasteiger partial charge >= 0.3 is 0 Å². The van der Waals surface area contributed by atoms with E-state index in [-0.39, 0.29) is 11.8 Å². The molecule has 2 rings (SSSR count). The molecule has 0 unspecified atom stereocenters. The van der Waals surface area contributed by atoms with Crippen molar-refractivity contribution >= 4 is 29.5 Å². The van der Waals surface area contributed by atoms with E-state index in [1.807, 2.05) is 6.92 Å². The lowest BCUT2D eigenvalue weighted by Crippen LogP contribution is -2.44. The van der Waals surface area contributed by atoms with E-state index in [2.05, 4.69) is 10.9 Å². The molecule has 1 fully saturated rings. The number of carbonyl (C=O) groups is 2. The van der Waals surface area contributed by atoms with Gasteiger partial charge in [0.05, 0.1) is 18.7 Å². The van der Waals surface area contributed by atoms with Gasteiger partial charge in [-0.15, -0.1) is 0 Å². The van der Waals surface area contributed by atoms with E-state index in [4.69, 9.17) is 21.1 Å². The number of hydrogen-bond acceptors (Lipinski definition) is 4. The number of methoxy groups -OCH3 is 1. The first-order valence-corrected chi connectivity index (χ1v) is 9.21. The molecule has 1 aromatic carbocycles. The summed E-state index contributed by atoms with van der Waals surface area (Å²) in [5.74, 6) is 0.403. The van der Waals surface area contributed by atoms with Crippen LogP contribution in [0.1, 0.15) is 44.6 Å². The number of hydrazine groups is 1. The SMILES string of the molecule is CCOc1c(Cl)cc(/C=C/C(=O)NNC(=O)C2CCCCC2)cc1OC. The molecular weight excluding hydrogens is 356 g/mol. The molecule has 6 nitrogen and oxygen atoms in total. The van der Waals surface area contributed by atoms with Crippen LogP contribution >= 0.6 is 11.6 Å². The maximum Gasteiger partial charge on any atom is 0.262 e. The molecule has 0 atom stereocenters. The van der Waals surface area contributed by atoms with Gasteiger partial charge in [0.2, 0.25) is 5.91 Å². The van der Waals surface area contributed by atoms with Gasteiger partial charge in [-0.25, -0.2) is 0 Å². The molecule has 1 saturated carbocycles. The van der Waals surface area contributed by atoms with Crippen molar-refractivity contribution in [3.63, 3.8) is 0 Å². The summed E-state index contributed by atoms with van der Waals surface area (Å²) >= 11 is 6.20. The van der Waals surface area contributed by atoms with E-state index in [9.17, 15) is 9.59 Å². The average molecular weight is 381 g/mol. The zero-order valence-corrected chi connectivity index (χ0v) is 15.9. The standard InChI is InChI=1S/C19H25ClN2O4/c1-3-26-18-15(20)11-13(12-16(18)25-2)9-10-17(23)21-22-19(24)14-7-5-4-6-8-14/h9-12,14H,3-8H2,1-2H3,(H,21,23)(H,22,24)/b10-9+. The van der Waals surface area contributed by atoms with Gasteiger partial charge in [-0.3, -0.25) is 20.4 Å². The predicted octanol–water partition coefficient (Wildman–Crippen LogP) is 3.49. The molecule has 2 amide bonds. The maximum atomic E-state index is 12.0. The van der Waals surface area contributed by atoms with Crippen LogP contribution in [0.2, 0.25) is 5.02 Å². The van der Waals surface area contributed by atoms with Crippen molar-refractivity contribution in [1.82, 2.24) is 10.9 Å². The fourth-order valence-electron chi connectivity index (χ4n) is 2.92. The number of rotatable bonds is 6. The summed E-state index contributed by atoms with van der Waals surface area (Å²) < 4.78 is 10.7. The molecule has 0 saturated heterocycles. The molecule has 0 bridgehead atoms. The second kappa shape index (κ2) is 10.1. The molecule has 7 heteroatoms. The van der Waals surface area contributed by atoms with Gasteiger partial charge in [0.15, 0.2) is 11.5 Å². The van der Waals surface area contributed by atoms with Crippen LogP contribution in [0.5, 0.6) is 11.5 Å². The van der Waals surface area contributed by atoms with Crippen LogP contribution in [0.25, 0.3) is 6.08 Å². The number of hydrogen-bond donors (Lipinski definition) is 2. The maximum absolute atomic E-state index is 12.0. The highest BCUT2D eigenvalue weighted by molar-refractivity contribution is 6.32. The van der Waals surface area contributed by atoms with Crippen molar-refractivity contribution in [3.8, 4) is 11.5 Å². The van der Waals surface area contributed by atoms with Gasteiger partial charge in [0, 0.05) is 12.0 Å². The lowest BCUT2D eigenvalue weighted by atomic mass is 9.89. The molecule has 0 radical (unpaired) electrons. The zero-order chi connectivity index (χ0) is 18.9. The minimum Gasteiger partial charge on any atom is -0.493 e. The molecule has 26 heavy (non-hydrogen) atoms. The largest absolute Gasteiger partial charge is 0.493 e. The van der Waals surface area contributed by atoms with Crippen molar-refractivity contribution in [2.45, 2.75) is 39.0 Å². The second-order valence-corrected chi connectivity index (χ2v) is 6.52. The molecule has 0 aromatic heterocycles. The van der Waals surface area contributed by atoms with E-state index < -0.39 is 5.91 Å². The molecule has 1 aromatic rings. The van der Waals surface area contributed by atoms with Crippen LogP contribution in [0.3, 0.4) is 0 Å². The van der Waals surface area contributed by atoms with Crippen molar-refractivity contribution in [1.29, 1.82) is 0 Å². The number of ether oxygens (including phenoxy) is 2. The lowest BCUT2D eigenvalue weighted by molar-refractivity contribution is -0.130. The Hall–Kier alpha value is -2.21. The first-order valence-electron chi connectivity index (χ1n) is 8.83. The summed E-state index contributed by atoms with van der Waals surface area (Å²) in [7, 11) is 1.52. The molecule has 0 spiro atoms. The van der Waals surface area contributed by atoms with Crippen molar-refractivity contribution in [2.75, 3.05) is 13.7 Å². The Labute approximate surface area is 158 Å². The number of carbonyl (C=O) groups excluding carboxylic acids is 2. The summed E-state index contributed by atoms with van der Waals surface area (Å²) in [5.41, 5.74) is 5.58. The second-order valence-electron chi connectivity index (χ2n) is 6.11. The predicted molar refractivity (Wildman–Crippen MR) is 101 cm³/mol. The first-order chi connectivity index (χ1) is 12.5. The number of nitrogens with one attached hydrogen (secondary N) is 2. The first kappa shape index (κ1) is 20.1. The topological polar surface area (TPSA) is 76.7 Å². The average Bonchev–Trinajstić information content (AvgIpc) is 2.66. The Morgan fingerprint density at radius 1 is 1.23 bits per heavy atom. The normalized spacial score (nSPS) is 14.9. The van der Waals surface area contributed by atoms with Crippen molar-refractivity contribution in [2.24, 2.45) is 5.92 Å². The van der Waals surface area contributed by atoms with Gasteiger partial charge < -0.3 is 9.47 Å². The van der Waals surface area contributed by atoms with Crippen molar-refractivity contribution in [3.05, 3.63) is 28.8 Å². The molecule has 2 N–H and O–H groups in total. The van der Waals surface area contributed by atoms with E-state index in [1.165, 1.54) is 19.6 Å². The Bertz CT molecular complexity index is 670. The van der Waals surface area contributed by atoms with Crippen LogP contribution < -0.4 is 20.3 Å². The van der Waals surface area contributed by atoms with Crippen LogP contribution in [-0.4, -0.2) is 25.5 Å². The van der Waals surface area contributed by atoms with Crippen LogP contribution in [-0.2, 0) is 9.59 Å². The monoisotopic (exact) mass is 380 g/mol. The Balaban J connectivity index is 1.92. The Morgan fingerprint density at radius 2 is 1.96 bits per heavy atom. The summed E-state index contributed by atoms with van der Waals surface area (Å²) in [6.07, 6.45) is 7.97. The number of halogens is 1. The van der Waals surface area contributed by atoms with Crippen LogP contribution in [0, 0.1) is 5.92 Å². The van der Waals surface area contributed by atoms with Gasteiger partial charge in [-0.2, -0.15) is 0 Å². The fourth-order valence-corrected chi connectivity index (χ4v) is 3.20. The Morgan fingerprint density at radius 3 is 2.62 bits per heavy atom. The van der Waals surface area contributed by atoms with E-state index >= 15 is 0 Å². The van der Waals surface area contributed by atoms with Gasteiger partial charge in [0.1, 0.15) is 0 Å². The van der Waals surface area contributed by atoms with Gasteiger partial charge in [0.25, 0.3) is 5.91 Å². The summed E-state index contributed by atoms with van der Waals surface area (Å²) in [4.78, 5) is 23.9. The number of amides is 2. The summed E-state index contributed by atoms with van der Waals surface area (Å²) in [5, 5.41) is 0.400. The third-order valence-corrected chi connectivity index (χ3v) is 4.53. The molecule has 0 aliphatic heterocycles. The summed E-state index contributed by atoms with van der Waals surface area (Å²) in [6, 6.07) is 3.40. The highest BCUT2D eigenvalue weighted by atomic mass is 35.5. The molecule has 1 aliphatic rings. The van der Waals surface area contributed by atoms with E-state index in [0.29, 0.717) is 28.7 Å². The van der Waals surface area contributed by atoms with Crippen LogP contribution in [0.4, 0.5) is 0 Å². The quantitative estimate of drug-likeness (QED) is 0.585. The molecule has 142 valence electrons. The molecular formula is C19H25ClN2O4. The number of benzene rings is 1. The van der Waals surface area contributed by atoms with E-state index in [0.717, 1.165) is 25.7 Å². The lowest BCUT2D eigenvalue weighted by Gasteiger charge is -2.20. The smallest absolute Gasteiger partial charge is 0.262 e. The minimum absolute atomic E-state index is 0.0118. The highest BCUT2D eigenvalue weighted by Crippen LogP contribution is 2.36. The molecule has 0 heterocycles. The fraction of sp³-hybridized carbons (Fsp3) is 0.474. The van der Waals surface area contributed by atoms with E-state index in [1.54, 1.807) is 18.2 Å². The summed E-state index contributed by atoms with van der Waals surface area (Å²) in [6.45, 7) is 2.32. The Kier molecular flexibility index (Phi) is 7.78. The van der Waals surface area contributed by atoms with Crippen LogP contribution in [0.15, 0.2) is 18.2 Å². The molecule has 1 aliphatic carbocycles. The highest BCUT2D eigenvalue weighted by Gasteiger charge is 2.21. The third-order valence-electron chi connectivity index (χ3n) is 4.25. The van der Waals surface area contributed by atoms with Crippen molar-refractivity contribution < 1.29 is 19.1 Å². The minimum atomic E-state index is -0.418. The van der Waals surface area contributed by atoms with Gasteiger partial charge in [-0.1, -0.05) is 30.9 Å². The third kappa shape index (κ3) is 5.66.